The zero-order valence-electron chi connectivity index (χ0n) is 13.8. The first-order valence-corrected chi connectivity index (χ1v) is 8.74. The minimum Gasteiger partial charge on any atom is -0.478 e. The average molecular weight is 354 g/mol. The van der Waals surface area contributed by atoms with E-state index in [1.54, 1.807) is 29.1 Å². The number of hydrogen-bond acceptors (Lipinski definition) is 4. The van der Waals surface area contributed by atoms with Crippen LogP contribution in [0.25, 0.3) is 10.6 Å². The maximum absolute atomic E-state index is 12.2. The van der Waals surface area contributed by atoms with Crippen LogP contribution in [0.4, 0.5) is 0 Å². The number of carboxylic acids is 1. The standard InChI is InChI=1S/C19H18N2O3S/c1-21-11-14(17(12-21)19(23)24)9-15(22)7-8-16-10-20-18(25-16)13-5-3-2-4-6-13/h2-6,10-12H,7-9H2,1H3,(H,23,24). The summed E-state index contributed by atoms with van der Waals surface area (Å²) in [5.74, 6) is -0.971. The average Bonchev–Trinajstić information content (AvgIpc) is 3.20. The van der Waals surface area contributed by atoms with Crippen molar-refractivity contribution in [2.75, 3.05) is 0 Å². The van der Waals surface area contributed by atoms with Crippen molar-refractivity contribution >= 4 is 23.1 Å². The van der Waals surface area contributed by atoms with E-state index >= 15 is 0 Å². The van der Waals surface area contributed by atoms with Crippen LogP contribution in [0.2, 0.25) is 0 Å². The van der Waals surface area contributed by atoms with E-state index in [0.29, 0.717) is 18.4 Å². The molecule has 0 saturated carbocycles. The lowest BCUT2D eigenvalue weighted by molar-refractivity contribution is -0.118. The Morgan fingerprint density at radius 3 is 2.68 bits per heavy atom. The van der Waals surface area contributed by atoms with Gasteiger partial charge in [0.15, 0.2) is 0 Å². The number of benzene rings is 1. The molecule has 0 aliphatic carbocycles. The number of Topliss-reactive ketones (excluding diaryl/α,β-unsaturated/α-hetero) is 1. The fourth-order valence-corrected chi connectivity index (χ4v) is 3.59. The lowest BCUT2D eigenvalue weighted by Crippen LogP contribution is -2.07. The smallest absolute Gasteiger partial charge is 0.337 e. The first-order valence-electron chi connectivity index (χ1n) is 7.93. The van der Waals surface area contributed by atoms with Crippen LogP contribution in [0.1, 0.15) is 27.2 Å². The van der Waals surface area contributed by atoms with Crippen LogP contribution in [-0.4, -0.2) is 26.4 Å². The Hall–Kier alpha value is -2.73. The summed E-state index contributed by atoms with van der Waals surface area (Å²) in [6.07, 6.45) is 6.18. The molecule has 2 heterocycles. The van der Waals surface area contributed by atoms with Gasteiger partial charge in [0.2, 0.25) is 0 Å². The lowest BCUT2D eigenvalue weighted by Gasteiger charge is -2.00. The van der Waals surface area contributed by atoms with Gasteiger partial charge in [-0.15, -0.1) is 11.3 Å². The van der Waals surface area contributed by atoms with Crippen LogP contribution < -0.4 is 0 Å². The van der Waals surface area contributed by atoms with Crippen LogP contribution in [0.5, 0.6) is 0 Å². The number of hydrogen-bond donors (Lipinski definition) is 1. The van der Waals surface area contributed by atoms with Gasteiger partial charge >= 0.3 is 5.97 Å². The van der Waals surface area contributed by atoms with E-state index < -0.39 is 5.97 Å². The second kappa shape index (κ2) is 7.44. The first kappa shape index (κ1) is 17.1. The molecule has 1 N–H and O–H groups in total. The highest BCUT2D eigenvalue weighted by molar-refractivity contribution is 7.15. The fraction of sp³-hybridized carbons (Fsp3) is 0.211. The topological polar surface area (TPSA) is 72.2 Å². The Bertz CT molecular complexity index is 897. The summed E-state index contributed by atoms with van der Waals surface area (Å²) in [5, 5.41) is 10.1. The number of carbonyl (C=O) groups is 2. The second-order valence-electron chi connectivity index (χ2n) is 5.88. The number of aryl methyl sites for hydroxylation is 2. The molecular formula is C19H18N2O3S. The fourth-order valence-electron chi connectivity index (χ4n) is 2.67. The Balaban J connectivity index is 1.60. The first-order chi connectivity index (χ1) is 12.0. The summed E-state index contributed by atoms with van der Waals surface area (Å²) in [4.78, 5) is 28.9. The summed E-state index contributed by atoms with van der Waals surface area (Å²) in [5.41, 5.74) is 1.83. The van der Waals surface area contributed by atoms with Gasteiger partial charge in [-0.1, -0.05) is 30.3 Å². The maximum Gasteiger partial charge on any atom is 0.337 e. The van der Waals surface area contributed by atoms with E-state index in [1.165, 1.54) is 6.20 Å². The zero-order chi connectivity index (χ0) is 17.8. The van der Waals surface area contributed by atoms with E-state index in [1.807, 2.05) is 36.5 Å². The normalized spacial score (nSPS) is 10.8. The molecule has 0 unspecified atom stereocenters. The summed E-state index contributed by atoms with van der Waals surface area (Å²) in [6.45, 7) is 0. The minimum atomic E-state index is -1.00. The molecule has 0 atom stereocenters. The largest absolute Gasteiger partial charge is 0.478 e. The molecule has 0 spiro atoms. The third-order valence-corrected chi connectivity index (χ3v) is 4.99. The molecule has 0 saturated heterocycles. The summed E-state index contributed by atoms with van der Waals surface area (Å²) < 4.78 is 1.67. The third kappa shape index (κ3) is 4.22. The summed E-state index contributed by atoms with van der Waals surface area (Å²) in [7, 11) is 1.75. The molecule has 0 bridgehead atoms. The molecule has 25 heavy (non-hydrogen) atoms. The predicted octanol–water partition coefficient (Wildman–Crippen LogP) is 3.59. The van der Waals surface area contributed by atoms with Gasteiger partial charge < -0.3 is 9.67 Å². The van der Waals surface area contributed by atoms with Gasteiger partial charge in [0.25, 0.3) is 0 Å². The number of aromatic nitrogens is 2. The van der Waals surface area contributed by atoms with Crippen molar-refractivity contribution in [3.05, 3.63) is 64.9 Å². The molecule has 0 fully saturated rings. The molecule has 0 amide bonds. The maximum atomic E-state index is 12.2. The van der Waals surface area contributed by atoms with Gasteiger partial charge in [0.1, 0.15) is 10.8 Å². The molecule has 6 heteroatoms. The van der Waals surface area contributed by atoms with Crippen molar-refractivity contribution in [3.63, 3.8) is 0 Å². The molecule has 5 nitrogen and oxygen atoms in total. The Kier molecular flexibility index (Phi) is 5.09. The Morgan fingerprint density at radius 2 is 1.96 bits per heavy atom. The van der Waals surface area contributed by atoms with Gasteiger partial charge in [0, 0.05) is 48.9 Å². The molecule has 0 aliphatic heterocycles. The number of thiazole rings is 1. The third-order valence-electron chi connectivity index (χ3n) is 3.88. The highest BCUT2D eigenvalue weighted by Gasteiger charge is 2.16. The number of carboxylic acid groups (broad SMARTS) is 1. The van der Waals surface area contributed by atoms with Gasteiger partial charge in [-0.2, -0.15) is 0 Å². The van der Waals surface area contributed by atoms with Crippen molar-refractivity contribution in [2.24, 2.45) is 7.05 Å². The highest BCUT2D eigenvalue weighted by Crippen LogP contribution is 2.25. The zero-order valence-corrected chi connectivity index (χ0v) is 14.6. The SMILES string of the molecule is Cn1cc(CC(=O)CCc2cnc(-c3ccccc3)s2)c(C(=O)O)c1. The summed E-state index contributed by atoms with van der Waals surface area (Å²) >= 11 is 1.58. The predicted molar refractivity (Wildman–Crippen MR) is 97.0 cm³/mol. The molecule has 2 aromatic heterocycles. The van der Waals surface area contributed by atoms with Crippen LogP contribution >= 0.6 is 11.3 Å². The van der Waals surface area contributed by atoms with E-state index in [9.17, 15) is 14.7 Å². The Labute approximate surface area is 149 Å². The van der Waals surface area contributed by atoms with Crippen molar-refractivity contribution in [2.45, 2.75) is 19.3 Å². The van der Waals surface area contributed by atoms with Gasteiger partial charge in [-0.25, -0.2) is 9.78 Å². The van der Waals surface area contributed by atoms with Gasteiger partial charge in [-0.3, -0.25) is 4.79 Å². The van der Waals surface area contributed by atoms with Crippen LogP contribution in [0.15, 0.2) is 48.9 Å². The molecule has 128 valence electrons. The van der Waals surface area contributed by atoms with Crippen molar-refractivity contribution in [3.8, 4) is 10.6 Å². The monoisotopic (exact) mass is 354 g/mol. The minimum absolute atomic E-state index is 0.0309. The molecule has 3 aromatic rings. The lowest BCUT2D eigenvalue weighted by atomic mass is 10.0. The molecular weight excluding hydrogens is 336 g/mol. The quantitative estimate of drug-likeness (QED) is 0.704. The number of ketones is 1. The van der Waals surface area contributed by atoms with Crippen LogP contribution in [-0.2, 0) is 24.7 Å². The number of rotatable bonds is 7. The van der Waals surface area contributed by atoms with Crippen molar-refractivity contribution in [1.29, 1.82) is 0 Å². The van der Waals surface area contributed by atoms with E-state index in [0.717, 1.165) is 15.4 Å². The van der Waals surface area contributed by atoms with Crippen molar-refractivity contribution in [1.82, 2.24) is 9.55 Å². The number of nitrogens with zero attached hydrogens (tertiary/aromatic N) is 2. The summed E-state index contributed by atoms with van der Waals surface area (Å²) in [6, 6.07) is 9.93. The Morgan fingerprint density at radius 1 is 1.20 bits per heavy atom. The molecule has 1 aromatic carbocycles. The van der Waals surface area contributed by atoms with Crippen molar-refractivity contribution < 1.29 is 14.7 Å². The second-order valence-corrected chi connectivity index (χ2v) is 7.00. The highest BCUT2D eigenvalue weighted by atomic mass is 32.1. The number of carbonyl (C=O) groups excluding carboxylic acids is 1. The van der Waals surface area contributed by atoms with E-state index in [4.69, 9.17) is 0 Å². The van der Waals surface area contributed by atoms with E-state index in [-0.39, 0.29) is 17.8 Å². The van der Waals surface area contributed by atoms with Gasteiger partial charge in [-0.05, 0) is 12.0 Å². The van der Waals surface area contributed by atoms with Crippen LogP contribution in [0, 0.1) is 0 Å². The number of aromatic carboxylic acids is 1. The van der Waals surface area contributed by atoms with Gasteiger partial charge in [0.05, 0.1) is 5.56 Å². The molecule has 0 radical (unpaired) electrons. The van der Waals surface area contributed by atoms with E-state index in [2.05, 4.69) is 4.98 Å². The molecule has 3 rings (SSSR count). The van der Waals surface area contributed by atoms with Crippen LogP contribution in [0.3, 0.4) is 0 Å². The molecule has 0 aliphatic rings.